The van der Waals surface area contributed by atoms with Gasteiger partial charge in [-0.25, -0.2) is 0 Å². The smallest absolute Gasteiger partial charge is 0.163 e. The standard InChI is InChI=1S/C15H20O3/c1-2-3-12-4-6-13(7-5-12)14(16)8-9-15-17-10-11-18-15/h4-7,15H,2-3,8-11H2,1H3. The van der Waals surface area contributed by atoms with Gasteiger partial charge in [0.1, 0.15) is 0 Å². The molecule has 0 unspecified atom stereocenters. The zero-order valence-corrected chi connectivity index (χ0v) is 10.9. The number of rotatable bonds is 6. The average Bonchev–Trinajstić information content (AvgIpc) is 2.90. The maximum atomic E-state index is 12.0. The largest absolute Gasteiger partial charge is 0.350 e. The van der Waals surface area contributed by atoms with Crippen LogP contribution in [-0.2, 0) is 15.9 Å². The Kier molecular flexibility index (Phi) is 4.90. The summed E-state index contributed by atoms with van der Waals surface area (Å²) in [6.07, 6.45) is 3.14. The van der Waals surface area contributed by atoms with E-state index >= 15 is 0 Å². The van der Waals surface area contributed by atoms with Crippen molar-refractivity contribution in [2.24, 2.45) is 0 Å². The van der Waals surface area contributed by atoms with Crippen LogP contribution in [-0.4, -0.2) is 25.3 Å². The fourth-order valence-corrected chi connectivity index (χ4v) is 2.11. The Bertz CT molecular complexity index is 377. The molecule has 1 aromatic rings. The number of carbonyl (C=O) groups is 1. The first-order valence-corrected chi connectivity index (χ1v) is 6.65. The molecular weight excluding hydrogens is 228 g/mol. The van der Waals surface area contributed by atoms with E-state index in [4.69, 9.17) is 9.47 Å². The van der Waals surface area contributed by atoms with Gasteiger partial charge in [-0.1, -0.05) is 37.6 Å². The number of ketones is 1. The lowest BCUT2D eigenvalue weighted by Gasteiger charge is -2.08. The van der Waals surface area contributed by atoms with Crippen LogP contribution in [0, 0.1) is 0 Å². The summed E-state index contributed by atoms with van der Waals surface area (Å²) < 4.78 is 10.6. The predicted molar refractivity (Wildman–Crippen MR) is 69.7 cm³/mol. The summed E-state index contributed by atoms with van der Waals surface area (Å²) in [6, 6.07) is 7.92. The van der Waals surface area contributed by atoms with E-state index in [0.717, 1.165) is 18.4 Å². The van der Waals surface area contributed by atoms with Crippen LogP contribution >= 0.6 is 0 Å². The zero-order chi connectivity index (χ0) is 12.8. The van der Waals surface area contributed by atoms with Crippen LogP contribution < -0.4 is 0 Å². The molecule has 0 saturated carbocycles. The first kappa shape index (κ1) is 13.2. The van der Waals surface area contributed by atoms with Gasteiger partial charge in [0.2, 0.25) is 0 Å². The lowest BCUT2D eigenvalue weighted by atomic mass is 10.0. The lowest BCUT2D eigenvalue weighted by molar-refractivity contribution is -0.0464. The monoisotopic (exact) mass is 248 g/mol. The summed E-state index contributed by atoms with van der Waals surface area (Å²) in [6.45, 7) is 3.44. The van der Waals surface area contributed by atoms with E-state index in [-0.39, 0.29) is 12.1 Å². The van der Waals surface area contributed by atoms with E-state index in [2.05, 4.69) is 6.92 Å². The molecule has 1 heterocycles. The van der Waals surface area contributed by atoms with Gasteiger partial charge in [-0.05, 0) is 12.0 Å². The fourth-order valence-electron chi connectivity index (χ4n) is 2.11. The molecule has 1 aliphatic heterocycles. The van der Waals surface area contributed by atoms with E-state index in [1.54, 1.807) is 0 Å². The first-order valence-electron chi connectivity index (χ1n) is 6.65. The molecule has 0 radical (unpaired) electrons. The molecular formula is C15H20O3. The second-order valence-electron chi connectivity index (χ2n) is 4.58. The van der Waals surface area contributed by atoms with Crippen LogP contribution in [0.15, 0.2) is 24.3 Å². The van der Waals surface area contributed by atoms with Gasteiger partial charge in [-0.2, -0.15) is 0 Å². The molecule has 1 aromatic carbocycles. The van der Waals surface area contributed by atoms with E-state index in [9.17, 15) is 4.79 Å². The number of benzene rings is 1. The maximum Gasteiger partial charge on any atom is 0.163 e. The molecule has 0 bridgehead atoms. The van der Waals surface area contributed by atoms with Crippen molar-refractivity contribution >= 4 is 5.78 Å². The number of carbonyl (C=O) groups excluding carboxylic acids is 1. The number of hydrogen-bond donors (Lipinski definition) is 0. The number of ether oxygens (including phenoxy) is 2. The van der Waals surface area contributed by atoms with Crippen molar-refractivity contribution in [3.8, 4) is 0 Å². The van der Waals surface area contributed by atoms with Gasteiger partial charge >= 0.3 is 0 Å². The third kappa shape index (κ3) is 3.65. The molecule has 0 amide bonds. The average molecular weight is 248 g/mol. The topological polar surface area (TPSA) is 35.5 Å². The van der Waals surface area contributed by atoms with Crippen molar-refractivity contribution in [3.05, 3.63) is 35.4 Å². The Labute approximate surface area is 108 Å². The summed E-state index contributed by atoms with van der Waals surface area (Å²) in [5.41, 5.74) is 2.07. The summed E-state index contributed by atoms with van der Waals surface area (Å²) in [4.78, 5) is 12.0. The molecule has 0 aliphatic carbocycles. The molecule has 0 aromatic heterocycles. The second-order valence-corrected chi connectivity index (χ2v) is 4.58. The molecule has 1 saturated heterocycles. The van der Waals surface area contributed by atoms with Crippen LogP contribution in [0.1, 0.15) is 42.1 Å². The molecule has 1 fully saturated rings. The molecule has 1 aliphatic rings. The third-order valence-electron chi connectivity index (χ3n) is 3.11. The number of hydrogen-bond acceptors (Lipinski definition) is 3. The predicted octanol–water partition coefficient (Wildman–Crippen LogP) is 2.97. The van der Waals surface area contributed by atoms with Gasteiger partial charge in [-0.15, -0.1) is 0 Å². The minimum atomic E-state index is -0.187. The summed E-state index contributed by atoms with van der Waals surface area (Å²) in [5, 5.41) is 0. The van der Waals surface area contributed by atoms with Crippen LogP contribution in [0.4, 0.5) is 0 Å². The Hall–Kier alpha value is -1.19. The van der Waals surface area contributed by atoms with Crippen LogP contribution in [0.2, 0.25) is 0 Å². The normalized spacial score (nSPS) is 16.1. The third-order valence-corrected chi connectivity index (χ3v) is 3.11. The van der Waals surface area contributed by atoms with Crippen molar-refractivity contribution in [1.29, 1.82) is 0 Å². The van der Waals surface area contributed by atoms with Crippen molar-refractivity contribution in [2.75, 3.05) is 13.2 Å². The van der Waals surface area contributed by atoms with Gasteiger partial charge < -0.3 is 9.47 Å². The van der Waals surface area contributed by atoms with Gasteiger partial charge in [-0.3, -0.25) is 4.79 Å². The van der Waals surface area contributed by atoms with Crippen LogP contribution in [0.5, 0.6) is 0 Å². The van der Waals surface area contributed by atoms with E-state index in [1.807, 2.05) is 24.3 Å². The molecule has 0 spiro atoms. The van der Waals surface area contributed by atoms with Crippen LogP contribution in [0.25, 0.3) is 0 Å². The highest BCUT2D eigenvalue weighted by molar-refractivity contribution is 5.96. The quantitative estimate of drug-likeness (QED) is 0.726. The molecule has 0 N–H and O–H groups in total. The fraction of sp³-hybridized carbons (Fsp3) is 0.533. The van der Waals surface area contributed by atoms with Gasteiger partial charge in [0.15, 0.2) is 12.1 Å². The van der Waals surface area contributed by atoms with Crippen molar-refractivity contribution in [2.45, 2.75) is 38.9 Å². The molecule has 2 rings (SSSR count). The van der Waals surface area contributed by atoms with Crippen LogP contribution in [0.3, 0.4) is 0 Å². The SMILES string of the molecule is CCCc1ccc(C(=O)CCC2OCCO2)cc1. The minimum Gasteiger partial charge on any atom is -0.350 e. The first-order chi connectivity index (χ1) is 8.79. The van der Waals surface area contributed by atoms with E-state index < -0.39 is 0 Å². The minimum absolute atomic E-state index is 0.164. The Morgan fingerprint density at radius 3 is 2.50 bits per heavy atom. The second kappa shape index (κ2) is 6.66. The van der Waals surface area contributed by atoms with Crippen molar-refractivity contribution < 1.29 is 14.3 Å². The summed E-state index contributed by atoms with van der Waals surface area (Å²) in [7, 11) is 0. The molecule has 0 atom stereocenters. The zero-order valence-electron chi connectivity index (χ0n) is 10.9. The lowest BCUT2D eigenvalue weighted by Crippen LogP contribution is -2.10. The highest BCUT2D eigenvalue weighted by Gasteiger charge is 2.17. The van der Waals surface area contributed by atoms with Gasteiger partial charge in [0.25, 0.3) is 0 Å². The Balaban J connectivity index is 1.83. The molecule has 3 nitrogen and oxygen atoms in total. The maximum absolute atomic E-state index is 12.0. The Morgan fingerprint density at radius 1 is 1.22 bits per heavy atom. The molecule has 18 heavy (non-hydrogen) atoms. The van der Waals surface area contributed by atoms with Crippen molar-refractivity contribution in [3.63, 3.8) is 0 Å². The van der Waals surface area contributed by atoms with Gasteiger partial charge in [0.05, 0.1) is 13.2 Å². The summed E-state index contributed by atoms with van der Waals surface area (Å²) in [5.74, 6) is 0.164. The van der Waals surface area contributed by atoms with E-state index in [1.165, 1.54) is 5.56 Å². The summed E-state index contributed by atoms with van der Waals surface area (Å²) >= 11 is 0. The van der Waals surface area contributed by atoms with Gasteiger partial charge in [0, 0.05) is 18.4 Å². The molecule has 98 valence electrons. The number of aryl methyl sites for hydroxylation is 1. The Morgan fingerprint density at radius 2 is 1.89 bits per heavy atom. The van der Waals surface area contributed by atoms with E-state index in [0.29, 0.717) is 26.1 Å². The highest BCUT2D eigenvalue weighted by Crippen LogP contribution is 2.14. The number of Topliss-reactive ketones (excluding diaryl/α,β-unsaturated/α-hetero) is 1. The van der Waals surface area contributed by atoms with Crippen molar-refractivity contribution in [1.82, 2.24) is 0 Å². The highest BCUT2D eigenvalue weighted by atomic mass is 16.7. The molecule has 3 heteroatoms.